The highest BCUT2D eigenvalue weighted by Gasteiger charge is 2.28. The third-order valence-corrected chi connectivity index (χ3v) is 6.14. The van der Waals surface area contributed by atoms with Crippen LogP contribution >= 0.6 is 0 Å². The second-order valence-electron chi connectivity index (χ2n) is 8.15. The lowest BCUT2D eigenvalue weighted by Gasteiger charge is -2.32. The van der Waals surface area contributed by atoms with E-state index in [0.29, 0.717) is 13.2 Å². The number of piperidine rings is 1. The Labute approximate surface area is 186 Å². The maximum atomic E-state index is 13.0. The molecule has 0 spiro atoms. The summed E-state index contributed by atoms with van der Waals surface area (Å²) in [5.41, 5.74) is 1.91. The molecule has 1 aliphatic heterocycles. The molecule has 0 N–H and O–H groups in total. The number of amides is 1. The highest BCUT2D eigenvalue weighted by molar-refractivity contribution is 5.87. The Hall–Kier alpha value is -3.39. The van der Waals surface area contributed by atoms with E-state index in [2.05, 4.69) is 20.8 Å². The normalized spacial score (nSPS) is 16.7. The molecule has 8 nitrogen and oxygen atoms in total. The lowest BCUT2D eigenvalue weighted by molar-refractivity contribution is -0.134. The summed E-state index contributed by atoms with van der Waals surface area (Å²) in [5, 5.41) is 9.66. The van der Waals surface area contributed by atoms with Gasteiger partial charge in [-0.05, 0) is 43.2 Å². The fraction of sp³-hybridized carbons (Fsp3) is 0.375. The zero-order valence-electron chi connectivity index (χ0n) is 18.2. The molecule has 0 bridgehead atoms. The number of hydrogen-bond acceptors (Lipinski definition) is 5. The maximum absolute atomic E-state index is 13.0. The molecule has 0 aliphatic carbocycles. The van der Waals surface area contributed by atoms with Crippen molar-refractivity contribution in [1.29, 1.82) is 0 Å². The Morgan fingerprint density at radius 1 is 1.12 bits per heavy atom. The van der Waals surface area contributed by atoms with E-state index in [1.54, 1.807) is 7.11 Å². The Morgan fingerprint density at radius 2 is 2.06 bits per heavy atom. The highest BCUT2D eigenvalue weighted by Crippen LogP contribution is 2.28. The van der Waals surface area contributed by atoms with Crippen LogP contribution in [-0.4, -0.2) is 63.4 Å². The minimum atomic E-state index is -0.000612. The SMILES string of the molecule is COCCn1ccc2c(OCC(=O)N3CCC[C@@H](c4nnc5ccccn45)C3)cccc21. The largest absolute Gasteiger partial charge is 0.483 e. The minimum Gasteiger partial charge on any atom is -0.483 e. The number of fused-ring (bicyclic) bond motifs is 2. The zero-order chi connectivity index (χ0) is 21.9. The molecule has 1 atom stereocenters. The number of nitrogens with zero attached hydrogens (tertiary/aromatic N) is 5. The van der Waals surface area contributed by atoms with Crippen molar-refractivity contribution in [2.24, 2.45) is 0 Å². The molecule has 8 heteroatoms. The summed E-state index contributed by atoms with van der Waals surface area (Å²) in [6.07, 6.45) is 5.94. The fourth-order valence-corrected chi connectivity index (χ4v) is 4.49. The van der Waals surface area contributed by atoms with E-state index in [1.165, 1.54) is 0 Å². The van der Waals surface area contributed by atoms with Crippen LogP contribution in [0.1, 0.15) is 24.6 Å². The maximum Gasteiger partial charge on any atom is 0.260 e. The molecule has 166 valence electrons. The van der Waals surface area contributed by atoms with Gasteiger partial charge in [-0.2, -0.15) is 0 Å². The third-order valence-electron chi connectivity index (χ3n) is 6.14. The number of aromatic nitrogens is 4. The van der Waals surface area contributed by atoms with E-state index in [9.17, 15) is 4.79 Å². The van der Waals surface area contributed by atoms with Crippen LogP contribution in [0.4, 0.5) is 0 Å². The van der Waals surface area contributed by atoms with E-state index >= 15 is 0 Å². The number of rotatable bonds is 7. The van der Waals surface area contributed by atoms with Gasteiger partial charge < -0.3 is 18.9 Å². The molecule has 1 amide bonds. The van der Waals surface area contributed by atoms with E-state index in [4.69, 9.17) is 9.47 Å². The molecule has 3 aromatic heterocycles. The van der Waals surface area contributed by atoms with Crippen LogP contribution < -0.4 is 4.74 Å². The first-order valence-electron chi connectivity index (χ1n) is 11.0. The Bertz CT molecular complexity index is 1230. The van der Waals surface area contributed by atoms with Crippen molar-refractivity contribution < 1.29 is 14.3 Å². The van der Waals surface area contributed by atoms with Crippen molar-refractivity contribution in [3.8, 4) is 5.75 Å². The quantitative estimate of drug-likeness (QED) is 0.448. The molecule has 4 heterocycles. The number of carbonyl (C=O) groups is 1. The number of pyridine rings is 1. The smallest absolute Gasteiger partial charge is 0.260 e. The Morgan fingerprint density at radius 3 is 2.97 bits per heavy atom. The molecule has 5 rings (SSSR count). The second kappa shape index (κ2) is 9.00. The Kier molecular flexibility index (Phi) is 5.77. The molecular weight excluding hydrogens is 406 g/mol. The molecule has 0 unspecified atom stereocenters. The van der Waals surface area contributed by atoms with Crippen LogP contribution in [0, 0.1) is 0 Å². The molecule has 32 heavy (non-hydrogen) atoms. The summed E-state index contributed by atoms with van der Waals surface area (Å²) in [6, 6.07) is 13.8. The first kappa shape index (κ1) is 20.5. The molecule has 1 aliphatic rings. The summed E-state index contributed by atoms with van der Waals surface area (Å²) in [5.74, 6) is 1.81. The van der Waals surface area contributed by atoms with Gasteiger partial charge in [0.1, 0.15) is 11.6 Å². The van der Waals surface area contributed by atoms with Crippen molar-refractivity contribution in [2.75, 3.05) is 33.4 Å². The average Bonchev–Trinajstić information content (AvgIpc) is 3.46. The van der Waals surface area contributed by atoms with E-state index in [0.717, 1.165) is 54.1 Å². The third kappa shape index (κ3) is 3.93. The monoisotopic (exact) mass is 433 g/mol. The van der Waals surface area contributed by atoms with Crippen molar-refractivity contribution >= 4 is 22.5 Å². The van der Waals surface area contributed by atoms with Gasteiger partial charge in [0.05, 0.1) is 12.1 Å². The van der Waals surface area contributed by atoms with Gasteiger partial charge in [-0.25, -0.2) is 0 Å². The topological polar surface area (TPSA) is 73.9 Å². The van der Waals surface area contributed by atoms with Crippen molar-refractivity contribution in [1.82, 2.24) is 24.1 Å². The average molecular weight is 434 g/mol. The van der Waals surface area contributed by atoms with Gasteiger partial charge in [0.2, 0.25) is 0 Å². The first-order valence-corrected chi connectivity index (χ1v) is 11.0. The number of carbonyl (C=O) groups excluding carboxylic acids is 1. The molecule has 1 aromatic carbocycles. The second-order valence-corrected chi connectivity index (χ2v) is 8.15. The lowest BCUT2D eigenvalue weighted by Crippen LogP contribution is -2.42. The van der Waals surface area contributed by atoms with Gasteiger partial charge in [-0.3, -0.25) is 9.20 Å². The van der Waals surface area contributed by atoms with Crippen LogP contribution in [0.15, 0.2) is 54.9 Å². The predicted molar refractivity (Wildman–Crippen MR) is 121 cm³/mol. The summed E-state index contributed by atoms with van der Waals surface area (Å²) in [4.78, 5) is 14.9. The van der Waals surface area contributed by atoms with Crippen LogP contribution in [0.5, 0.6) is 5.75 Å². The first-order chi connectivity index (χ1) is 15.7. The van der Waals surface area contributed by atoms with E-state index < -0.39 is 0 Å². The van der Waals surface area contributed by atoms with Gasteiger partial charge >= 0.3 is 0 Å². The van der Waals surface area contributed by atoms with Crippen LogP contribution in [0.2, 0.25) is 0 Å². The van der Waals surface area contributed by atoms with Crippen molar-refractivity contribution in [3.05, 3.63) is 60.7 Å². The number of likely N-dealkylation sites (tertiary alicyclic amines) is 1. The number of hydrogen-bond donors (Lipinski definition) is 0. The van der Waals surface area contributed by atoms with Gasteiger partial charge in [0, 0.05) is 50.4 Å². The van der Waals surface area contributed by atoms with Gasteiger partial charge in [-0.1, -0.05) is 12.1 Å². The Balaban J connectivity index is 1.26. The van der Waals surface area contributed by atoms with Crippen LogP contribution in [-0.2, 0) is 16.1 Å². The zero-order valence-corrected chi connectivity index (χ0v) is 18.2. The summed E-state index contributed by atoms with van der Waals surface area (Å²) in [7, 11) is 1.70. The summed E-state index contributed by atoms with van der Waals surface area (Å²) in [6.45, 7) is 2.82. The molecule has 0 saturated carbocycles. The van der Waals surface area contributed by atoms with E-state index in [1.807, 2.05) is 58.1 Å². The molecule has 1 fully saturated rings. The molecule has 4 aromatic rings. The van der Waals surface area contributed by atoms with Crippen molar-refractivity contribution in [3.63, 3.8) is 0 Å². The fourth-order valence-electron chi connectivity index (χ4n) is 4.49. The minimum absolute atomic E-state index is 0.000612. The van der Waals surface area contributed by atoms with Crippen LogP contribution in [0.3, 0.4) is 0 Å². The summed E-state index contributed by atoms with van der Waals surface area (Å²) >= 11 is 0. The molecular formula is C24H27N5O3. The molecule has 0 radical (unpaired) electrons. The number of methoxy groups -OCH3 is 1. The lowest BCUT2D eigenvalue weighted by atomic mass is 9.97. The van der Waals surface area contributed by atoms with Gasteiger partial charge in [0.25, 0.3) is 5.91 Å². The molecule has 1 saturated heterocycles. The van der Waals surface area contributed by atoms with Gasteiger partial charge in [0.15, 0.2) is 12.3 Å². The van der Waals surface area contributed by atoms with Crippen molar-refractivity contribution in [2.45, 2.75) is 25.3 Å². The van der Waals surface area contributed by atoms with Crippen LogP contribution in [0.25, 0.3) is 16.6 Å². The predicted octanol–water partition coefficient (Wildman–Crippen LogP) is 3.12. The summed E-state index contributed by atoms with van der Waals surface area (Å²) < 4.78 is 15.3. The number of benzene rings is 1. The number of ether oxygens (including phenoxy) is 2. The standard InChI is InChI=1S/C24H27N5O3/c1-31-15-14-27-13-10-19-20(27)7-4-8-21(19)32-17-23(30)28-11-5-6-18(16-28)24-26-25-22-9-2-3-12-29(22)24/h2-4,7-10,12-13,18H,5-6,11,14-17H2,1H3/t18-/m1/s1. The van der Waals surface area contributed by atoms with E-state index in [-0.39, 0.29) is 18.4 Å². The highest BCUT2D eigenvalue weighted by atomic mass is 16.5. The van der Waals surface area contributed by atoms with Gasteiger partial charge in [-0.15, -0.1) is 10.2 Å².